The van der Waals surface area contributed by atoms with E-state index in [-0.39, 0.29) is 5.91 Å². The first-order chi connectivity index (χ1) is 6.08. The van der Waals surface area contributed by atoms with Crippen LogP contribution < -0.4 is 0 Å². The van der Waals surface area contributed by atoms with Crippen LogP contribution in [0.3, 0.4) is 0 Å². The van der Waals surface area contributed by atoms with Gasteiger partial charge in [-0.3, -0.25) is 4.79 Å². The first kappa shape index (κ1) is 10.5. The van der Waals surface area contributed by atoms with E-state index in [1.807, 2.05) is 18.7 Å². The minimum absolute atomic E-state index is 0.120. The zero-order chi connectivity index (χ0) is 9.90. The highest BCUT2D eigenvalue weighted by Gasteiger charge is 2.32. The number of nitrogens with zero attached hydrogens (tertiary/aromatic N) is 1. The number of ether oxygens (including phenoxy) is 1. The summed E-state index contributed by atoms with van der Waals surface area (Å²) >= 11 is 0. The Balaban J connectivity index is 2.55. The maximum Gasteiger partial charge on any atom is 0.254 e. The Labute approximate surface area is 80.1 Å². The molecule has 76 valence electrons. The molecule has 3 nitrogen and oxygen atoms in total. The van der Waals surface area contributed by atoms with Gasteiger partial charge in [-0.25, -0.2) is 0 Å². The Morgan fingerprint density at radius 3 is 2.23 bits per heavy atom. The Bertz CT molecular complexity index is 183. The molecule has 0 aromatic rings. The van der Waals surface area contributed by atoms with Crippen molar-refractivity contribution in [2.75, 3.05) is 20.2 Å². The number of hydrogen-bond donors (Lipinski definition) is 0. The quantitative estimate of drug-likeness (QED) is 0.651. The van der Waals surface area contributed by atoms with Crippen LogP contribution in [0.25, 0.3) is 0 Å². The fourth-order valence-electron chi connectivity index (χ4n) is 1.57. The predicted molar refractivity (Wildman–Crippen MR) is 51.5 cm³/mol. The first-order valence-corrected chi connectivity index (χ1v) is 4.92. The molecule has 1 saturated heterocycles. The zero-order valence-corrected chi connectivity index (χ0v) is 8.80. The van der Waals surface area contributed by atoms with Crippen LogP contribution in [0.15, 0.2) is 0 Å². The van der Waals surface area contributed by atoms with Gasteiger partial charge in [-0.2, -0.15) is 0 Å². The lowest BCUT2D eigenvalue weighted by Gasteiger charge is -2.33. The normalized spacial score (nSPS) is 18.8. The van der Waals surface area contributed by atoms with Crippen molar-refractivity contribution >= 4 is 5.91 Å². The average Bonchev–Trinajstić information content (AvgIpc) is 2.18. The van der Waals surface area contributed by atoms with Gasteiger partial charge in [0, 0.05) is 20.2 Å². The molecular formula is C10H19NO2. The van der Waals surface area contributed by atoms with Crippen molar-refractivity contribution in [3.05, 3.63) is 0 Å². The zero-order valence-electron chi connectivity index (χ0n) is 8.80. The maximum absolute atomic E-state index is 11.9. The second kappa shape index (κ2) is 4.09. The third-order valence-electron chi connectivity index (χ3n) is 2.67. The highest BCUT2D eigenvalue weighted by atomic mass is 16.5. The predicted octanol–water partition coefficient (Wildman–Crippen LogP) is 1.42. The number of piperidine rings is 1. The highest BCUT2D eigenvalue weighted by molar-refractivity contribution is 5.84. The fraction of sp³-hybridized carbons (Fsp3) is 0.900. The third kappa shape index (κ3) is 2.44. The molecule has 0 saturated carbocycles. The number of amides is 1. The Morgan fingerprint density at radius 1 is 1.23 bits per heavy atom. The van der Waals surface area contributed by atoms with Crippen LogP contribution in [-0.4, -0.2) is 36.6 Å². The Hall–Kier alpha value is -0.570. The van der Waals surface area contributed by atoms with Crippen molar-refractivity contribution in [2.45, 2.75) is 38.7 Å². The monoisotopic (exact) mass is 185 g/mol. The van der Waals surface area contributed by atoms with Crippen molar-refractivity contribution in [1.29, 1.82) is 0 Å². The molecule has 0 atom stereocenters. The van der Waals surface area contributed by atoms with Crippen LogP contribution in [0.2, 0.25) is 0 Å². The molecule has 1 aliphatic rings. The summed E-state index contributed by atoms with van der Waals surface area (Å²) in [4.78, 5) is 13.8. The summed E-state index contributed by atoms with van der Waals surface area (Å²) in [7, 11) is 1.59. The highest BCUT2D eigenvalue weighted by Crippen LogP contribution is 2.16. The largest absolute Gasteiger partial charge is 0.369 e. The van der Waals surface area contributed by atoms with E-state index in [0.29, 0.717) is 0 Å². The first-order valence-electron chi connectivity index (χ1n) is 4.92. The van der Waals surface area contributed by atoms with Crippen molar-refractivity contribution in [3.63, 3.8) is 0 Å². The lowest BCUT2D eigenvalue weighted by atomic mass is 10.0. The van der Waals surface area contributed by atoms with Crippen molar-refractivity contribution in [3.8, 4) is 0 Å². The lowest BCUT2D eigenvalue weighted by Crippen LogP contribution is -2.48. The van der Waals surface area contributed by atoms with Gasteiger partial charge < -0.3 is 9.64 Å². The van der Waals surface area contributed by atoms with E-state index in [1.54, 1.807) is 7.11 Å². The molecule has 0 aromatic heterocycles. The van der Waals surface area contributed by atoms with Crippen LogP contribution in [0.1, 0.15) is 33.1 Å². The molecule has 0 bridgehead atoms. The van der Waals surface area contributed by atoms with Crippen molar-refractivity contribution < 1.29 is 9.53 Å². The molecule has 0 aliphatic carbocycles. The van der Waals surface area contributed by atoms with Gasteiger partial charge in [-0.15, -0.1) is 0 Å². The molecule has 1 aliphatic heterocycles. The van der Waals surface area contributed by atoms with Crippen LogP contribution >= 0.6 is 0 Å². The number of methoxy groups -OCH3 is 1. The second-order valence-corrected chi connectivity index (χ2v) is 4.07. The Kier molecular flexibility index (Phi) is 3.31. The standard InChI is InChI=1S/C10H19NO2/c1-10(2,13-3)9(12)11-7-5-4-6-8-11/h4-8H2,1-3H3. The summed E-state index contributed by atoms with van der Waals surface area (Å²) in [6, 6.07) is 0. The van der Waals surface area contributed by atoms with E-state index in [2.05, 4.69) is 0 Å². The maximum atomic E-state index is 11.9. The van der Waals surface area contributed by atoms with Gasteiger partial charge >= 0.3 is 0 Å². The summed E-state index contributed by atoms with van der Waals surface area (Å²) < 4.78 is 5.16. The molecule has 1 rings (SSSR count). The van der Waals surface area contributed by atoms with Gasteiger partial charge in [0.05, 0.1) is 0 Å². The van der Waals surface area contributed by atoms with Crippen LogP contribution in [0.4, 0.5) is 0 Å². The van der Waals surface area contributed by atoms with Gasteiger partial charge in [-0.1, -0.05) is 0 Å². The average molecular weight is 185 g/mol. The Morgan fingerprint density at radius 2 is 1.77 bits per heavy atom. The van der Waals surface area contributed by atoms with Gasteiger partial charge in [0.1, 0.15) is 5.60 Å². The van der Waals surface area contributed by atoms with Gasteiger partial charge in [0.15, 0.2) is 0 Å². The van der Waals surface area contributed by atoms with E-state index < -0.39 is 5.60 Å². The molecule has 0 aromatic carbocycles. The minimum Gasteiger partial charge on any atom is -0.369 e. The van der Waals surface area contributed by atoms with Gasteiger partial charge in [-0.05, 0) is 33.1 Å². The topological polar surface area (TPSA) is 29.5 Å². The molecule has 13 heavy (non-hydrogen) atoms. The summed E-state index contributed by atoms with van der Waals surface area (Å²) in [6.45, 7) is 5.44. The molecular weight excluding hydrogens is 166 g/mol. The van der Waals surface area contributed by atoms with Crippen molar-refractivity contribution in [1.82, 2.24) is 4.90 Å². The number of carbonyl (C=O) groups is 1. The number of likely N-dealkylation sites (tertiary alicyclic amines) is 1. The smallest absolute Gasteiger partial charge is 0.254 e. The molecule has 0 unspecified atom stereocenters. The number of hydrogen-bond acceptors (Lipinski definition) is 2. The van der Waals surface area contributed by atoms with Gasteiger partial charge in [0.25, 0.3) is 5.91 Å². The number of rotatable bonds is 2. The molecule has 1 fully saturated rings. The summed E-state index contributed by atoms with van der Waals surface area (Å²) in [5.74, 6) is 0.120. The van der Waals surface area contributed by atoms with E-state index in [0.717, 1.165) is 25.9 Å². The summed E-state index contributed by atoms with van der Waals surface area (Å²) in [5, 5.41) is 0. The van der Waals surface area contributed by atoms with Crippen LogP contribution in [0.5, 0.6) is 0 Å². The van der Waals surface area contributed by atoms with E-state index in [4.69, 9.17) is 4.74 Å². The molecule has 3 heteroatoms. The SMILES string of the molecule is COC(C)(C)C(=O)N1CCCCC1. The van der Waals surface area contributed by atoms with Crippen LogP contribution in [0, 0.1) is 0 Å². The van der Waals surface area contributed by atoms with E-state index in [1.165, 1.54) is 6.42 Å². The summed E-state index contributed by atoms with van der Waals surface area (Å²) in [6.07, 6.45) is 3.51. The molecule has 0 radical (unpaired) electrons. The van der Waals surface area contributed by atoms with Crippen LogP contribution in [-0.2, 0) is 9.53 Å². The molecule has 0 N–H and O–H groups in total. The third-order valence-corrected chi connectivity index (χ3v) is 2.67. The fourth-order valence-corrected chi connectivity index (χ4v) is 1.57. The molecule has 0 spiro atoms. The minimum atomic E-state index is -0.655. The summed E-state index contributed by atoms with van der Waals surface area (Å²) in [5.41, 5.74) is -0.655. The van der Waals surface area contributed by atoms with Crippen molar-refractivity contribution in [2.24, 2.45) is 0 Å². The molecule has 1 amide bonds. The van der Waals surface area contributed by atoms with E-state index >= 15 is 0 Å². The lowest BCUT2D eigenvalue weighted by molar-refractivity contribution is -0.151. The molecule has 1 heterocycles. The van der Waals surface area contributed by atoms with E-state index in [9.17, 15) is 4.79 Å². The second-order valence-electron chi connectivity index (χ2n) is 4.07. The van der Waals surface area contributed by atoms with Gasteiger partial charge in [0.2, 0.25) is 0 Å². The number of carbonyl (C=O) groups excluding carboxylic acids is 1.